The number of hydrogen-bond acceptors (Lipinski definition) is 3. The van der Waals surface area contributed by atoms with E-state index in [1.807, 2.05) is 0 Å². The average molecular weight is 255 g/mol. The normalized spacial score (nSPS) is 18.7. The lowest BCUT2D eigenvalue weighted by Gasteiger charge is -2.33. The maximum absolute atomic E-state index is 13.2. The fourth-order valence-electron chi connectivity index (χ4n) is 1.74. The Labute approximate surface area is 101 Å². The lowest BCUT2D eigenvalue weighted by molar-refractivity contribution is -0.149. The summed E-state index contributed by atoms with van der Waals surface area (Å²) in [6, 6.07) is 3.78. The van der Waals surface area contributed by atoms with Gasteiger partial charge in [-0.25, -0.2) is 9.18 Å². The van der Waals surface area contributed by atoms with Crippen LogP contribution in [0.5, 0.6) is 0 Å². The Kier molecular flexibility index (Phi) is 3.06. The molecule has 1 aliphatic rings. The zero-order valence-electron chi connectivity index (χ0n) is 9.01. The molecule has 1 aromatic rings. The van der Waals surface area contributed by atoms with Crippen LogP contribution in [0.1, 0.15) is 6.92 Å². The number of aliphatic carboxylic acids is 1. The highest BCUT2D eigenvalue weighted by atomic mass is 32.2. The van der Waals surface area contributed by atoms with Crippen molar-refractivity contribution >= 4 is 29.3 Å². The van der Waals surface area contributed by atoms with E-state index in [0.29, 0.717) is 11.4 Å². The maximum atomic E-state index is 13.2. The Morgan fingerprint density at radius 1 is 1.53 bits per heavy atom. The molecule has 0 saturated carbocycles. The number of carbonyl (C=O) groups excluding carboxylic acids is 1. The first-order valence-corrected chi connectivity index (χ1v) is 5.98. The van der Waals surface area contributed by atoms with Gasteiger partial charge in [-0.05, 0) is 25.1 Å². The molecular weight excluding hydrogens is 245 g/mol. The highest BCUT2D eigenvalue weighted by Gasteiger charge is 2.32. The number of rotatable bonds is 0. The molecule has 0 bridgehead atoms. The molecule has 0 spiro atoms. The summed E-state index contributed by atoms with van der Waals surface area (Å²) in [7, 11) is 0. The van der Waals surface area contributed by atoms with E-state index in [4.69, 9.17) is 5.11 Å². The molecule has 0 radical (unpaired) electrons. The summed E-state index contributed by atoms with van der Waals surface area (Å²) >= 11 is 1.48. The monoisotopic (exact) mass is 255 g/mol. The third kappa shape index (κ3) is 2.12. The van der Waals surface area contributed by atoms with Gasteiger partial charge >= 0.3 is 11.9 Å². The summed E-state index contributed by atoms with van der Waals surface area (Å²) < 4.78 is 13.2. The number of anilines is 1. The lowest BCUT2D eigenvalue weighted by atomic mass is 10.2. The molecule has 1 unspecified atom stereocenters. The van der Waals surface area contributed by atoms with Crippen molar-refractivity contribution in [3.8, 4) is 0 Å². The van der Waals surface area contributed by atoms with Gasteiger partial charge < -0.3 is 5.11 Å². The van der Waals surface area contributed by atoms with Gasteiger partial charge in [0.05, 0.1) is 5.69 Å². The van der Waals surface area contributed by atoms with Gasteiger partial charge in [0.1, 0.15) is 5.82 Å². The summed E-state index contributed by atoms with van der Waals surface area (Å²) in [4.78, 5) is 24.2. The van der Waals surface area contributed by atoms with Gasteiger partial charge in [-0.15, -0.1) is 11.8 Å². The minimum absolute atomic E-state index is 0.266. The number of benzene rings is 1. The second-order valence-corrected chi connectivity index (χ2v) is 4.81. The van der Waals surface area contributed by atoms with Crippen LogP contribution in [0, 0.1) is 5.82 Å². The van der Waals surface area contributed by atoms with E-state index in [2.05, 4.69) is 0 Å². The summed E-state index contributed by atoms with van der Waals surface area (Å²) in [5.41, 5.74) is 0.334. The molecule has 6 heteroatoms. The van der Waals surface area contributed by atoms with Gasteiger partial charge in [0.2, 0.25) is 0 Å². The van der Waals surface area contributed by atoms with Crippen LogP contribution in [0.3, 0.4) is 0 Å². The highest BCUT2D eigenvalue weighted by molar-refractivity contribution is 7.99. The zero-order chi connectivity index (χ0) is 12.6. The molecule has 1 amide bonds. The number of nitrogens with zero attached hydrogens (tertiary/aromatic N) is 1. The van der Waals surface area contributed by atoms with Crippen LogP contribution < -0.4 is 4.90 Å². The van der Waals surface area contributed by atoms with Crippen molar-refractivity contribution < 1.29 is 19.1 Å². The van der Waals surface area contributed by atoms with E-state index in [-0.39, 0.29) is 6.04 Å². The van der Waals surface area contributed by atoms with Crippen LogP contribution in [-0.2, 0) is 9.59 Å². The number of halogens is 1. The van der Waals surface area contributed by atoms with E-state index in [9.17, 15) is 14.0 Å². The van der Waals surface area contributed by atoms with Crippen molar-refractivity contribution in [3.05, 3.63) is 24.0 Å². The fourth-order valence-corrected chi connectivity index (χ4v) is 2.78. The number of thioether (sulfide) groups is 1. The molecule has 0 fully saturated rings. The minimum Gasteiger partial charge on any atom is -0.474 e. The van der Waals surface area contributed by atoms with Crippen molar-refractivity contribution in [2.75, 3.05) is 10.7 Å². The number of carbonyl (C=O) groups is 2. The second-order valence-electron chi connectivity index (χ2n) is 3.75. The number of hydrogen-bond donors (Lipinski definition) is 1. The van der Waals surface area contributed by atoms with E-state index < -0.39 is 17.7 Å². The van der Waals surface area contributed by atoms with Crippen LogP contribution >= 0.6 is 11.8 Å². The van der Waals surface area contributed by atoms with Gasteiger partial charge in [-0.3, -0.25) is 9.69 Å². The molecule has 1 N–H and O–H groups in total. The Hall–Kier alpha value is -1.56. The predicted octanol–water partition coefficient (Wildman–Crippen LogP) is 1.74. The Balaban J connectivity index is 2.49. The molecule has 1 atom stereocenters. The summed E-state index contributed by atoms with van der Waals surface area (Å²) in [6.07, 6.45) is 0. The summed E-state index contributed by atoms with van der Waals surface area (Å²) in [6.45, 7) is 1.74. The molecule has 0 aliphatic carbocycles. The minimum atomic E-state index is -1.53. The molecule has 90 valence electrons. The van der Waals surface area contributed by atoms with Gasteiger partial charge in [-0.1, -0.05) is 0 Å². The van der Waals surface area contributed by atoms with Crippen LogP contribution in [0.4, 0.5) is 10.1 Å². The summed E-state index contributed by atoms with van der Waals surface area (Å²) in [5, 5.41) is 8.76. The Bertz CT molecular complexity index is 492. The molecule has 1 heterocycles. The van der Waals surface area contributed by atoms with E-state index >= 15 is 0 Å². The Morgan fingerprint density at radius 2 is 2.24 bits per heavy atom. The summed E-state index contributed by atoms with van der Waals surface area (Å²) in [5.74, 6) is -2.44. The molecular formula is C11H10FNO3S. The van der Waals surface area contributed by atoms with Crippen molar-refractivity contribution in [2.45, 2.75) is 17.9 Å². The van der Waals surface area contributed by atoms with Crippen molar-refractivity contribution in [1.82, 2.24) is 0 Å². The van der Waals surface area contributed by atoms with Gasteiger partial charge in [-0.2, -0.15) is 0 Å². The van der Waals surface area contributed by atoms with E-state index in [0.717, 1.165) is 9.80 Å². The van der Waals surface area contributed by atoms with Crippen LogP contribution in [0.25, 0.3) is 0 Å². The maximum Gasteiger partial charge on any atom is 0.394 e. The number of carboxylic acids is 1. The number of fused-ring (bicyclic) bond motifs is 1. The van der Waals surface area contributed by atoms with Crippen molar-refractivity contribution in [3.63, 3.8) is 0 Å². The standard InChI is InChI=1S/C11H10FNO3S/c1-6-5-17-9-3-2-7(12)4-8(9)13(6)10(14)11(15)16/h2-4,6H,5H2,1H3,(H,15,16). The first-order chi connectivity index (χ1) is 8.00. The van der Waals surface area contributed by atoms with E-state index in [1.165, 1.54) is 23.9 Å². The Morgan fingerprint density at radius 3 is 2.88 bits per heavy atom. The first kappa shape index (κ1) is 11.9. The molecule has 2 rings (SSSR count). The first-order valence-electron chi connectivity index (χ1n) is 4.99. The van der Waals surface area contributed by atoms with Crippen LogP contribution in [0.15, 0.2) is 23.1 Å². The molecule has 17 heavy (non-hydrogen) atoms. The van der Waals surface area contributed by atoms with Gasteiger partial charge in [0.15, 0.2) is 0 Å². The second kappa shape index (κ2) is 4.37. The van der Waals surface area contributed by atoms with Crippen LogP contribution in [0.2, 0.25) is 0 Å². The largest absolute Gasteiger partial charge is 0.474 e. The van der Waals surface area contributed by atoms with Gasteiger partial charge in [0.25, 0.3) is 0 Å². The van der Waals surface area contributed by atoms with E-state index in [1.54, 1.807) is 13.0 Å². The van der Waals surface area contributed by atoms with Crippen molar-refractivity contribution in [1.29, 1.82) is 0 Å². The number of amides is 1. The SMILES string of the molecule is CC1CSc2ccc(F)cc2N1C(=O)C(=O)O. The topological polar surface area (TPSA) is 57.6 Å². The third-order valence-corrected chi connectivity index (χ3v) is 3.81. The molecule has 0 aromatic heterocycles. The smallest absolute Gasteiger partial charge is 0.394 e. The third-order valence-electron chi connectivity index (χ3n) is 2.50. The van der Waals surface area contributed by atoms with Gasteiger partial charge in [0, 0.05) is 16.7 Å². The fraction of sp³-hybridized carbons (Fsp3) is 0.273. The molecule has 1 aliphatic heterocycles. The number of carboxylic acid groups (broad SMARTS) is 1. The van der Waals surface area contributed by atoms with Crippen molar-refractivity contribution in [2.24, 2.45) is 0 Å². The lowest BCUT2D eigenvalue weighted by Crippen LogP contribution is -2.45. The molecule has 1 aromatic carbocycles. The highest BCUT2D eigenvalue weighted by Crippen LogP contribution is 2.37. The average Bonchev–Trinajstić information content (AvgIpc) is 2.27. The zero-order valence-corrected chi connectivity index (χ0v) is 9.83. The molecule has 0 saturated heterocycles. The van der Waals surface area contributed by atoms with Crippen LogP contribution in [-0.4, -0.2) is 28.8 Å². The molecule has 4 nitrogen and oxygen atoms in total. The predicted molar refractivity (Wildman–Crippen MR) is 61.7 cm³/mol. The quantitative estimate of drug-likeness (QED) is 0.717.